The molecule has 0 saturated carbocycles. The number of fused-ring (bicyclic) bond motifs is 1. The Morgan fingerprint density at radius 3 is 2.52 bits per heavy atom. The van der Waals surface area contributed by atoms with E-state index in [0.29, 0.717) is 13.2 Å². The molecule has 27 heavy (non-hydrogen) atoms. The van der Waals surface area contributed by atoms with Gasteiger partial charge in [-0.1, -0.05) is 24.3 Å². The zero-order chi connectivity index (χ0) is 18.9. The maximum atomic E-state index is 5.64. The molecule has 2 aromatic carbocycles. The molecule has 1 heterocycles. The van der Waals surface area contributed by atoms with E-state index >= 15 is 0 Å². The minimum Gasteiger partial charge on any atom is -0.496 e. The zero-order valence-electron chi connectivity index (χ0n) is 16.0. The predicted molar refractivity (Wildman–Crippen MR) is 107 cm³/mol. The SMILES string of the molecule is CN=C(NCCc1ccc2c(c1)OCCO2)NCCc1ccccc1OC. The fraction of sp³-hybridized carbons (Fsp3) is 0.381. The molecule has 0 unspecified atom stereocenters. The number of nitrogens with zero attached hydrogens (tertiary/aromatic N) is 1. The maximum absolute atomic E-state index is 5.64. The highest BCUT2D eigenvalue weighted by molar-refractivity contribution is 5.79. The highest BCUT2D eigenvalue weighted by Crippen LogP contribution is 2.30. The van der Waals surface area contributed by atoms with Gasteiger partial charge in [0, 0.05) is 20.1 Å². The molecule has 144 valence electrons. The van der Waals surface area contributed by atoms with Gasteiger partial charge in [0.2, 0.25) is 0 Å². The van der Waals surface area contributed by atoms with Crippen molar-refractivity contribution >= 4 is 5.96 Å². The molecule has 2 N–H and O–H groups in total. The summed E-state index contributed by atoms with van der Waals surface area (Å²) in [5.41, 5.74) is 2.38. The average molecular weight is 369 g/mol. The summed E-state index contributed by atoms with van der Waals surface area (Å²) in [6, 6.07) is 14.2. The predicted octanol–water partition coefficient (Wildman–Crippen LogP) is 2.42. The fourth-order valence-corrected chi connectivity index (χ4v) is 3.01. The minimum atomic E-state index is 0.609. The number of guanidine groups is 1. The van der Waals surface area contributed by atoms with Crippen molar-refractivity contribution in [1.29, 1.82) is 0 Å². The topological polar surface area (TPSA) is 64.1 Å². The molecular weight excluding hydrogens is 342 g/mol. The van der Waals surface area contributed by atoms with Gasteiger partial charge < -0.3 is 24.8 Å². The number of hydrogen-bond acceptors (Lipinski definition) is 4. The summed E-state index contributed by atoms with van der Waals surface area (Å²) in [4.78, 5) is 4.28. The summed E-state index contributed by atoms with van der Waals surface area (Å²) in [6.45, 7) is 2.79. The summed E-state index contributed by atoms with van der Waals surface area (Å²) in [6.07, 6.45) is 1.75. The molecule has 6 nitrogen and oxygen atoms in total. The number of methoxy groups -OCH3 is 1. The van der Waals surface area contributed by atoms with E-state index < -0.39 is 0 Å². The van der Waals surface area contributed by atoms with Gasteiger partial charge in [-0.05, 0) is 42.2 Å². The van der Waals surface area contributed by atoms with E-state index in [9.17, 15) is 0 Å². The normalized spacial score (nSPS) is 13.2. The lowest BCUT2D eigenvalue weighted by molar-refractivity contribution is 0.171. The number of ether oxygens (including phenoxy) is 3. The smallest absolute Gasteiger partial charge is 0.190 e. The lowest BCUT2D eigenvalue weighted by Gasteiger charge is -2.19. The van der Waals surface area contributed by atoms with Gasteiger partial charge in [0.1, 0.15) is 19.0 Å². The molecule has 0 amide bonds. The van der Waals surface area contributed by atoms with Crippen molar-refractivity contribution in [1.82, 2.24) is 10.6 Å². The third kappa shape index (κ3) is 5.29. The maximum Gasteiger partial charge on any atom is 0.190 e. The second kappa shape index (κ2) is 9.71. The summed E-state index contributed by atoms with van der Waals surface area (Å²) >= 11 is 0. The molecule has 0 saturated heterocycles. The van der Waals surface area contributed by atoms with Crippen LogP contribution in [-0.4, -0.2) is 46.4 Å². The first kappa shape index (κ1) is 18.9. The number of rotatable bonds is 7. The Morgan fingerprint density at radius 2 is 1.74 bits per heavy atom. The van der Waals surface area contributed by atoms with Crippen molar-refractivity contribution in [2.75, 3.05) is 40.5 Å². The zero-order valence-corrected chi connectivity index (χ0v) is 16.0. The van der Waals surface area contributed by atoms with Gasteiger partial charge in [-0.25, -0.2) is 0 Å². The number of hydrogen-bond donors (Lipinski definition) is 2. The molecule has 0 spiro atoms. The summed E-state index contributed by atoms with van der Waals surface area (Å²) < 4.78 is 16.6. The van der Waals surface area contributed by atoms with Crippen LogP contribution in [0.3, 0.4) is 0 Å². The third-order valence-corrected chi connectivity index (χ3v) is 4.42. The summed E-state index contributed by atoms with van der Waals surface area (Å²) in [5.74, 6) is 3.37. The van der Waals surface area contributed by atoms with Crippen LogP contribution in [0.5, 0.6) is 17.2 Å². The van der Waals surface area contributed by atoms with Crippen LogP contribution in [0.1, 0.15) is 11.1 Å². The van der Waals surface area contributed by atoms with Crippen molar-refractivity contribution < 1.29 is 14.2 Å². The third-order valence-electron chi connectivity index (χ3n) is 4.42. The van der Waals surface area contributed by atoms with E-state index in [4.69, 9.17) is 14.2 Å². The first-order valence-electron chi connectivity index (χ1n) is 9.25. The van der Waals surface area contributed by atoms with Crippen LogP contribution in [0.25, 0.3) is 0 Å². The van der Waals surface area contributed by atoms with Crippen LogP contribution in [-0.2, 0) is 12.8 Å². The van der Waals surface area contributed by atoms with Gasteiger partial charge in [0.15, 0.2) is 17.5 Å². The number of aliphatic imine (C=N–C) groups is 1. The van der Waals surface area contributed by atoms with Crippen molar-refractivity contribution in [3.8, 4) is 17.2 Å². The van der Waals surface area contributed by atoms with E-state index in [2.05, 4.69) is 27.8 Å². The van der Waals surface area contributed by atoms with Crippen molar-refractivity contribution in [2.45, 2.75) is 12.8 Å². The first-order valence-corrected chi connectivity index (χ1v) is 9.25. The Morgan fingerprint density at radius 1 is 1.00 bits per heavy atom. The van der Waals surface area contributed by atoms with Gasteiger partial charge in [0.05, 0.1) is 7.11 Å². The molecule has 2 aromatic rings. The molecule has 3 rings (SSSR count). The number of nitrogens with one attached hydrogen (secondary N) is 2. The van der Waals surface area contributed by atoms with Crippen LogP contribution in [0, 0.1) is 0 Å². The van der Waals surface area contributed by atoms with E-state index in [-0.39, 0.29) is 0 Å². The van der Waals surface area contributed by atoms with Crippen LogP contribution >= 0.6 is 0 Å². The van der Waals surface area contributed by atoms with E-state index in [1.54, 1.807) is 14.2 Å². The second-order valence-electron chi connectivity index (χ2n) is 6.22. The molecule has 0 radical (unpaired) electrons. The lowest BCUT2D eigenvalue weighted by Crippen LogP contribution is -2.39. The Labute approximate surface area is 160 Å². The Kier molecular flexibility index (Phi) is 6.79. The highest BCUT2D eigenvalue weighted by atomic mass is 16.6. The average Bonchev–Trinajstić information content (AvgIpc) is 2.72. The van der Waals surface area contributed by atoms with Crippen LogP contribution < -0.4 is 24.8 Å². The number of benzene rings is 2. The van der Waals surface area contributed by atoms with Crippen LogP contribution in [0.2, 0.25) is 0 Å². The van der Waals surface area contributed by atoms with Crippen molar-refractivity contribution in [2.24, 2.45) is 4.99 Å². The highest BCUT2D eigenvalue weighted by Gasteiger charge is 2.11. The fourth-order valence-electron chi connectivity index (χ4n) is 3.01. The molecule has 0 fully saturated rings. The Hall–Kier alpha value is -2.89. The minimum absolute atomic E-state index is 0.609. The van der Waals surface area contributed by atoms with Gasteiger partial charge in [-0.15, -0.1) is 0 Å². The summed E-state index contributed by atoms with van der Waals surface area (Å²) in [5, 5.41) is 6.69. The Balaban J connectivity index is 1.43. The van der Waals surface area contributed by atoms with E-state index in [1.807, 2.05) is 30.3 Å². The standard InChI is InChI=1S/C21H27N3O3/c1-22-21(24-12-10-17-5-3-4-6-18(17)25-2)23-11-9-16-7-8-19-20(15-16)27-14-13-26-19/h3-8,15H,9-14H2,1-2H3,(H2,22,23,24). The van der Waals surface area contributed by atoms with Gasteiger partial charge >= 0.3 is 0 Å². The largest absolute Gasteiger partial charge is 0.496 e. The van der Waals surface area contributed by atoms with Crippen LogP contribution in [0.4, 0.5) is 0 Å². The molecule has 0 atom stereocenters. The molecule has 0 bridgehead atoms. The van der Waals surface area contributed by atoms with Gasteiger partial charge in [0.25, 0.3) is 0 Å². The quantitative estimate of drug-likeness (QED) is 0.580. The monoisotopic (exact) mass is 369 g/mol. The molecule has 1 aliphatic heterocycles. The van der Waals surface area contributed by atoms with Crippen molar-refractivity contribution in [3.05, 3.63) is 53.6 Å². The Bertz CT molecular complexity index is 777. The molecule has 1 aliphatic rings. The lowest BCUT2D eigenvalue weighted by atomic mass is 10.1. The van der Waals surface area contributed by atoms with Crippen molar-refractivity contribution in [3.63, 3.8) is 0 Å². The molecule has 0 aromatic heterocycles. The second-order valence-corrected chi connectivity index (χ2v) is 6.22. The van der Waals surface area contributed by atoms with E-state index in [0.717, 1.165) is 49.1 Å². The van der Waals surface area contributed by atoms with E-state index in [1.165, 1.54) is 11.1 Å². The first-order chi connectivity index (χ1) is 13.3. The van der Waals surface area contributed by atoms with Gasteiger partial charge in [-0.3, -0.25) is 4.99 Å². The number of para-hydroxylation sites is 1. The summed E-state index contributed by atoms with van der Waals surface area (Å²) in [7, 11) is 3.48. The van der Waals surface area contributed by atoms with Crippen LogP contribution in [0.15, 0.2) is 47.5 Å². The van der Waals surface area contributed by atoms with Gasteiger partial charge in [-0.2, -0.15) is 0 Å². The molecule has 0 aliphatic carbocycles. The molecular formula is C21H27N3O3. The molecule has 6 heteroatoms.